The molecule has 1 fully saturated rings. The molecule has 1 saturated heterocycles. The van der Waals surface area contributed by atoms with Crippen LogP contribution in [-0.4, -0.2) is 68.5 Å². The highest BCUT2D eigenvalue weighted by Gasteiger charge is 2.43. The Morgan fingerprint density at radius 2 is 1.69 bits per heavy atom. The monoisotopic (exact) mass is 361 g/mol. The molecule has 5 nitrogen and oxygen atoms in total. The average Bonchev–Trinajstić information content (AvgIpc) is 2.67. The van der Waals surface area contributed by atoms with Gasteiger partial charge in [-0.05, 0) is 20.9 Å². The Hall–Kier alpha value is -2.15. The van der Waals surface area contributed by atoms with Crippen LogP contribution in [0.2, 0.25) is 0 Å². The van der Waals surface area contributed by atoms with Gasteiger partial charge in [-0.2, -0.15) is 0 Å². The van der Waals surface area contributed by atoms with Gasteiger partial charge in [0.1, 0.15) is 11.7 Å². The Balaban J connectivity index is 2.05. The molecule has 140 valence electrons. The van der Waals surface area contributed by atoms with Crippen molar-refractivity contribution in [2.75, 3.05) is 50.6 Å². The van der Waals surface area contributed by atoms with Crippen molar-refractivity contribution in [3.63, 3.8) is 0 Å². The number of likely N-dealkylation sites (N-methyl/N-ethyl adjacent to an activating group) is 2. The predicted molar refractivity (Wildman–Crippen MR) is 101 cm³/mol. The summed E-state index contributed by atoms with van der Waals surface area (Å²) in [4.78, 5) is 12.7. The van der Waals surface area contributed by atoms with Crippen molar-refractivity contribution >= 4 is 17.2 Å². The lowest BCUT2D eigenvalue weighted by Crippen LogP contribution is -2.60. The summed E-state index contributed by atoms with van der Waals surface area (Å²) in [5.74, 6) is 0.0767. The van der Waals surface area contributed by atoms with Crippen molar-refractivity contribution in [3.05, 3.63) is 35.2 Å². The molecule has 0 radical (unpaired) electrons. The summed E-state index contributed by atoms with van der Waals surface area (Å²) < 4.78 is 30.3. The fourth-order valence-corrected chi connectivity index (χ4v) is 4.59. The van der Waals surface area contributed by atoms with Gasteiger partial charge >= 0.3 is 0 Å². The second-order valence-electron chi connectivity index (χ2n) is 7.75. The number of aliphatic imine (C=N–C) groups is 1. The number of halogens is 2. The van der Waals surface area contributed by atoms with E-state index in [1.54, 1.807) is 11.9 Å². The number of amidine groups is 1. The molecule has 7 heteroatoms. The first-order valence-corrected chi connectivity index (χ1v) is 8.93. The second kappa shape index (κ2) is 5.67. The lowest BCUT2D eigenvalue weighted by atomic mass is 9.99. The van der Waals surface area contributed by atoms with Gasteiger partial charge in [-0.3, -0.25) is 0 Å². The first kappa shape index (κ1) is 17.3. The van der Waals surface area contributed by atoms with Gasteiger partial charge in [-0.1, -0.05) is 6.58 Å². The lowest BCUT2D eigenvalue weighted by molar-refractivity contribution is 0.108. The van der Waals surface area contributed by atoms with Crippen LogP contribution < -0.4 is 9.80 Å². The zero-order valence-corrected chi connectivity index (χ0v) is 16.0. The minimum Gasteiger partial charge on any atom is -0.369 e. The Bertz CT molecular complexity index is 834. The zero-order chi connectivity index (χ0) is 18.9. The largest absolute Gasteiger partial charge is 0.369 e. The van der Waals surface area contributed by atoms with Crippen LogP contribution in [0.5, 0.6) is 0 Å². The van der Waals surface area contributed by atoms with Crippen molar-refractivity contribution in [3.8, 4) is 0 Å². The maximum absolute atomic E-state index is 15.2. The van der Waals surface area contributed by atoms with Gasteiger partial charge in [0.05, 0.1) is 23.0 Å². The molecule has 0 N–H and O–H groups in total. The minimum atomic E-state index is -0.536. The smallest absolute Gasteiger partial charge is 0.153 e. The molecule has 0 aromatic heterocycles. The van der Waals surface area contributed by atoms with Crippen molar-refractivity contribution in [1.29, 1.82) is 0 Å². The summed E-state index contributed by atoms with van der Waals surface area (Å²) >= 11 is 0. The fourth-order valence-electron chi connectivity index (χ4n) is 4.59. The van der Waals surface area contributed by atoms with Crippen LogP contribution in [0.15, 0.2) is 17.4 Å². The summed E-state index contributed by atoms with van der Waals surface area (Å²) in [7, 11) is 5.70. The summed E-state index contributed by atoms with van der Waals surface area (Å²) in [5.41, 5.74) is 1.38. The van der Waals surface area contributed by atoms with Crippen molar-refractivity contribution in [2.45, 2.75) is 25.9 Å². The molecule has 0 amide bonds. The van der Waals surface area contributed by atoms with Gasteiger partial charge in [0.25, 0.3) is 0 Å². The van der Waals surface area contributed by atoms with Gasteiger partial charge in [0, 0.05) is 45.3 Å². The van der Waals surface area contributed by atoms with E-state index in [0.29, 0.717) is 35.1 Å². The third-order valence-electron chi connectivity index (χ3n) is 5.81. The molecule has 0 bridgehead atoms. The number of fused-ring (bicyclic) bond motifs is 2. The highest BCUT2D eigenvalue weighted by molar-refractivity contribution is 6.12. The number of hydrogen-bond acceptors (Lipinski definition) is 5. The van der Waals surface area contributed by atoms with Gasteiger partial charge in [0.2, 0.25) is 0 Å². The van der Waals surface area contributed by atoms with E-state index < -0.39 is 11.6 Å². The number of benzene rings is 1. The van der Waals surface area contributed by atoms with E-state index in [2.05, 4.69) is 30.4 Å². The van der Waals surface area contributed by atoms with E-state index >= 15 is 8.78 Å². The average molecular weight is 361 g/mol. The molecule has 0 spiro atoms. The zero-order valence-electron chi connectivity index (χ0n) is 16.0. The molecular formula is C19H25F2N5. The molecule has 4 rings (SSSR count). The van der Waals surface area contributed by atoms with Crippen LogP contribution in [-0.2, 0) is 0 Å². The number of rotatable bonds is 0. The Morgan fingerprint density at radius 3 is 2.38 bits per heavy atom. The Morgan fingerprint density at radius 1 is 1.04 bits per heavy atom. The normalized spacial score (nSPS) is 25.7. The van der Waals surface area contributed by atoms with E-state index in [0.717, 1.165) is 13.1 Å². The second-order valence-corrected chi connectivity index (χ2v) is 7.75. The standard InChI is InChI=1S/C19H25F2N5/c1-10-7-23(4)8-13-9-24(5)17-14-18(16(21)11(2)15(17)20)25(6)12(3)22-19(14)26(10)13/h10,13H,3,7-9H2,1-2,4-6H3. The first-order chi connectivity index (χ1) is 12.2. The van der Waals surface area contributed by atoms with E-state index in [4.69, 9.17) is 4.99 Å². The minimum absolute atomic E-state index is 0.0385. The summed E-state index contributed by atoms with van der Waals surface area (Å²) in [6, 6.07) is 0.333. The number of nitrogens with zero attached hydrogens (tertiary/aromatic N) is 5. The van der Waals surface area contributed by atoms with Gasteiger partial charge in [-0.15, -0.1) is 0 Å². The van der Waals surface area contributed by atoms with Crippen molar-refractivity contribution in [2.24, 2.45) is 4.99 Å². The summed E-state index contributed by atoms with van der Waals surface area (Å²) in [6.07, 6.45) is 0. The van der Waals surface area contributed by atoms with Gasteiger partial charge < -0.3 is 19.6 Å². The summed E-state index contributed by atoms with van der Waals surface area (Å²) in [5, 5.41) is 0. The maximum Gasteiger partial charge on any atom is 0.153 e. The van der Waals surface area contributed by atoms with E-state index in [1.807, 2.05) is 11.9 Å². The first-order valence-electron chi connectivity index (χ1n) is 8.93. The molecule has 0 saturated carbocycles. The van der Waals surface area contributed by atoms with Crippen LogP contribution in [0.4, 0.5) is 20.2 Å². The van der Waals surface area contributed by atoms with Crippen molar-refractivity contribution < 1.29 is 8.78 Å². The quantitative estimate of drug-likeness (QED) is 0.709. The number of piperazine rings is 1. The highest BCUT2D eigenvalue weighted by Crippen LogP contribution is 2.44. The molecule has 26 heavy (non-hydrogen) atoms. The molecule has 0 aliphatic carbocycles. The Kier molecular flexibility index (Phi) is 3.77. The lowest BCUT2D eigenvalue weighted by Gasteiger charge is -2.46. The van der Waals surface area contributed by atoms with Gasteiger partial charge in [0.15, 0.2) is 11.6 Å². The van der Waals surface area contributed by atoms with Crippen LogP contribution in [0.1, 0.15) is 18.1 Å². The fraction of sp³-hybridized carbons (Fsp3) is 0.526. The van der Waals surface area contributed by atoms with E-state index in [-0.39, 0.29) is 17.6 Å². The molecule has 2 unspecified atom stereocenters. The maximum atomic E-state index is 15.2. The predicted octanol–water partition coefficient (Wildman–Crippen LogP) is 2.40. The number of anilines is 2. The summed E-state index contributed by atoms with van der Waals surface area (Å²) in [6.45, 7) is 10.0. The van der Waals surface area contributed by atoms with E-state index in [1.165, 1.54) is 6.92 Å². The van der Waals surface area contributed by atoms with Crippen molar-refractivity contribution in [1.82, 2.24) is 9.80 Å². The van der Waals surface area contributed by atoms with Crippen LogP contribution in [0.3, 0.4) is 0 Å². The molecule has 3 aliphatic rings. The van der Waals surface area contributed by atoms with Crippen LogP contribution in [0.25, 0.3) is 0 Å². The third kappa shape index (κ3) is 2.19. The molecule has 1 aromatic rings. The molecular weight excluding hydrogens is 336 g/mol. The van der Waals surface area contributed by atoms with Gasteiger partial charge in [-0.25, -0.2) is 13.8 Å². The molecule has 1 aromatic carbocycles. The Labute approximate surface area is 153 Å². The van der Waals surface area contributed by atoms with Crippen LogP contribution >= 0.6 is 0 Å². The highest BCUT2D eigenvalue weighted by atomic mass is 19.1. The SMILES string of the molecule is C=C1N=C2c3c(c(F)c(C)c(F)c3N1C)N(C)CC1CN(C)CC(C)N21. The topological polar surface area (TPSA) is 25.3 Å². The molecule has 3 heterocycles. The molecule has 2 atom stereocenters. The third-order valence-corrected chi connectivity index (χ3v) is 5.81. The number of hydrogen-bond donors (Lipinski definition) is 0. The van der Waals surface area contributed by atoms with Crippen LogP contribution in [0, 0.1) is 18.6 Å². The van der Waals surface area contributed by atoms with E-state index in [9.17, 15) is 0 Å². The molecule has 3 aliphatic heterocycles.